The van der Waals surface area contributed by atoms with Crippen molar-refractivity contribution in [2.24, 2.45) is 5.92 Å². The van der Waals surface area contributed by atoms with Gasteiger partial charge in [0.05, 0.1) is 12.2 Å². The Kier molecular flexibility index (Phi) is 5.43. The van der Waals surface area contributed by atoms with E-state index < -0.39 is 0 Å². The van der Waals surface area contributed by atoms with Crippen LogP contribution in [0.15, 0.2) is 41.1 Å². The molecule has 2 fully saturated rings. The van der Waals surface area contributed by atoms with E-state index in [4.69, 9.17) is 4.74 Å². The normalized spacial score (nSPS) is 19.6. The molecule has 1 aromatic carbocycles. The second-order valence-corrected chi connectivity index (χ2v) is 8.14. The van der Waals surface area contributed by atoms with Crippen molar-refractivity contribution in [3.8, 4) is 5.75 Å². The van der Waals surface area contributed by atoms with E-state index in [9.17, 15) is 9.59 Å². The van der Waals surface area contributed by atoms with Crippen LogP contribution in [0.3, 0.4) is 0 Å². The Labute approximate surface area is 163 Å². The first-order valence-corrected chi connectivity index (χ1v) is 10.5. The van der Waals surface area contributed by atoms with Crippen molar-refractivity contribution in [3.05, 3.63) is 52.2 Å². The van der Waals surface area contributed by atoms with E-state index in [1.165, 1.54) is 0 Å². The predicted octanol–water partition coefficient (Wildman–Crippen LogP) is 3.57. The minimum atomic E-state index is -0.0341. The maximum absolute atomic E-state index is 12.5. The lowest BCUT2D eigenvalue weighted by atomic mass is 9.98. The van der Waals surface area contributed by atoms with Crippen LogP contribution in [0.1, 0.15) is 46.4 Å². The number of carbonyl (C=O) groups is 2. The van der Waals surface area contributed by atoms with Gasteiger partial charge in [0.25, 0.3) is 11.8 Å². The molecule has 1 saturated carbocycles. The van der Waals surface area contributed by atoms with Crippen molar-refractivity contribution in [2.75, 3.05) is 19.7 Å². The first-order valence-electron chi connectivity index (χ1n) is 9.54. The lowest BCUT2D eigenvalue weighted by Gasteiger charge is -2.32. The number of carbonyl (C=O) groups excluding carboxylic acids is 2. The quantitative estimate of drug-likeness (QED) is 0.828. The Balaban J connectivity index is 1.31. The first kappa shape index (κ1) is 18.0. The molecule has 1 saturated heterocycles. The average Bonchev–Trinajstić information content (AvgIpc) is 3.34. The zero-order chi connectivity index (χ0) is 18.6. The number of benzene rings is 1. The number of nitrogens with one attached hydrogen (secondary N) is 1. The topological polar surface area (TPSA) is 58.6 Å². The fourth-order valence-electron chi connectivity index (χ4n) is 3.39. The van der Waals surface area contributed by atoms with E-state index in [0.717, 1.165) is 44.3 Å². The van der Waals surface area contributed by atoms with Gasteiger partial charge in [-0.3, -0.25) is 9.59 Å². The lowest BCUT2D eigenvalue weighted by molar-refractivity contribution is 0.0633. The Morgan fingerprint density at radius 3 is 2.85 bits per heavy atom. The van der Waals surface area contributed by atoms with Gasteiger partial charge in [0.15, 0.2) is 0 Å². The van der Waals surface area contributed by atoms with Crippen LogP contribution in [-0.2, 0) is 0 Å². The molecule has 6 heteroatoms. The molecule has 0 radical (unpaired) electrons. The Hall–Kier alpha value is -2.34. The lowest BCUT2D eigenvalue weighted by Crippen LogP contribution is -2.41. The molecule has 0 unspecified atom stereocenters. The molecule has 2 heterocycles. The largest absolute Gasteiger partial charge is 0.493 e. The molecule has 1 aliphatic carbocycles. The summed E-state index contributed by atoms with van der Waals surface area (Å²) in [6.07, 6.45) is 4.19. The third-order valence-electron chi connectivity index (χ3n) is 5.07. The highest BCUT2D eigenvalue weighted by Crippen LogP contribution is 2.23. The zero-order valence-corrected chi connectivity index (χ0v) is 16.0. The van der Waals surface area contributed by atoms with Crippen molar-refractivity contribution < 1.29 is 14.3 Å². The minimum Gasteiger partial charge on any atom is -0.493 e. The second-order valence-electron chi connectivity index (χ2n) is 7.36. The highest BCUT2D eigenvalue weighted by atomic mass is 32.1. The minimum absolute atomic E-state index is 0.0341. The fourth-order valence-corrected chi connectivity index (χ4v) is 4.02. The molecular weight excluding hydrogens is 360 g/mol. The van der Waals surface area contributed by atoms with Crippen LogP contribution in [0, 0.1) is 5.92 Å². The molecule has 1 aromatic heterocycles. The summed E-state index contributed by atoms with van der Waals surface area (Å²) < 4.78 is 5.96. The molecule has 2 amide bonds. The van der Waals surface area contributed by atoms with Gasteiger partial charge < -0.3 is 15.0 Å². The van der Waals surface area contributed by atoms with Gasteiger partial charge in [-0.2, -0.15) is 11.3 Å². The van der Waals surface area contributed by atoms with Gasteiger partial charge in [0.1, 0.15) is 5.75 Å². The second kappa shape index (κ2) is 8.13. The van der Waals surface area contributed by atoms with E-state index in [0.29, 0.717) is 29.9 Å². The number of amides is 2. The molecule has 0 bridgehead atoms. The third-order valence-corrected chi connectivity index (χ3v) is 5.75. The van der Waals surface area contributed by atoms with Gasteiger partial charge in [-0.05, 0) is 55.3 Å². The summed E-state index contributed by atoms with van der Waals surface area (Å²) in [6, 6.07) is 9.57. The highest BCUT2D eigenvalue weighted by Gasteiger charge is 2.26. The van der Waals surface area contributed by atoms with Crippen LogP contribution >= 0.6 is 11.3 Å². The Morgan fingerprint density at radius 2 is 2.07 bits per heavy atom. The average molecular weight is 385 g/mol. The predicted molar refractivity (Wildman–Crippen MR) is 105 cm³/mol. The van der Waals surface area contributed by atoms with Gasteiger partial charge >= 0.3 is 0 Å². The summed E-state index contributed by atoms with van der Waals surface area (Å²) in [5.41, 5.74) is 1.41. The molecule has 1 atom stereocenters. The molecule has 2 aromatic rings. The number of hydrogen-bond donors (Lipinski definition) is 1. The number of piperidine rings is 1. The van der Waals surface area contributed by atoms with Gasteiger partial charge in [0, 0.05) is 36.0 Å². The van der Waals surface area contributed by atoms with Gasteiger partial charge in [-0.25, -0.2) is 0 Å². The maximum Gasteiger partial charge on any atom is 0.254 e. The van der Waals surface area contributed by atoms with Crippen molar-refractivity contribution in [3.63, 3.8) is 0 Å². The van der Waals surface area contributed by atoms with Crippen LogP contribution in [0.25, 0.3) is 0 Å². The van der Waals surface area contributed by atoms with E-state index in [2.05, 4.69) is 5.32 Å². The molecule has 1 N–H and O–H groups in total. The Morgan fingerprint density at radius 1 is 1.19 bits per heavy atom. The van der Waals surface area contributed by atoms with Gasteiger partial charge in [0.2, 0.25) is 0 Å². The molecule has 0 spiro atoms. The van der Waals surface area contributed by atoms with Crippen LogP contribution in [0.4, 0.5) is 0 Å². The van der Waals surface area contributed by atoms with Gasteiger partial charge in [-0.1, -0.05) is 6.07 Å². The standard InChI is InChI=1S/C21H24N2O3S/c24-20(22-18-6-7-18)16-4-1-5-19(11-16)26-13-15-3-2-9-23(12-15)21(25)17-8-10-27-14-17/h1,4-5,8,10-11,14-15,18H,2-3,6-7,9,12-13H2,(H,22,24)/t15-/m1/s1. The number of rotatable bonds is 6. The monoisotopic (exact) mass is 384 g/mol. The Bertz CT molecular complexity index is 802. The first-order chi connectivity index (χ1) is 13.2. The number of likely N-dealkylation sites (tertiary alicyclic amines) is 1. The third kappa shape index (κ3) is 4.69. The van der Waals surface area contributed by atoms with E-state index in [1.54, 1.807) is 17.4 Å². The van der Waals surface area contributed by atoms with Crippen molar-refractivity contribution in [2.45, 2.75) is 31.7 Å². The highest BCUT2D eigenvalue weighted by molar-refractivity contribution is 7.08. The number of hydrogen-bond acceptors (Lipinski definition) is 4. The molecule has 5 nitrogen and oxygen atoms in total. The summed E-state index contributed by atoms with van der Waals surface area (Å²) >= 11 is 1.55. The van der Waals surface area contributed by atoms with Crippen molar-refractivity contribution in [1.29, 1.82) is 0 Å². The number of thiophene rings is 1. The summed E-state index contributed by atoms with van der Waals surface area (Å²) in [5.74, 6) is 1.10. The SMILES string of the molecule is O=C(NC1CC1)c1cccc(OC[C@@H]2CCCN(C(=O)c3ccsc3)C2)c1. The van der Waals surface area contributed by atoms with Gasteiger partial charge in [-0.15, -0.1) is 0 Å². The van der Waals surface area contributed by atoms with Crippen LogP contribution < -0.4 is 10.1 Å². The number of ether oxygens (including phenoxy) is 1. The van der Waals surface area contributed by atoms with Crippen molar-refractivity contribution >= 4 is 23.2 Å². The molecule has 1 aliphatic heterocycles. The van der Waals surface area contributed by atoms with Crippen LogP contribution in [0.2, 0.25) is 0 Å². The molecule has 2 aliphatic rings. The molecule has 142 valence electrons. The van der Waals surface area contributed by atoms with Crippen molar-refractivity contribution in [1.82, 2.24) is 10.2 Å². The van der Waals surface area contributed by atoms with E-state index in [-0.39, 0.29) is 11.8 Å². The van der Waals surface area contributed by atoms with Crippen LogP contribution in [0.5, 0.6) is 5.75 Å². The maximum atomic E-state index is 12.5. The molecule has 27 heavy (non-hydrogen) atoms. The number of nitrogens with zero attached hydrogens (tertiary/aromatic N) is 1. The molecular formula is C21H24N2O3S. The summed E-state index contributed by atoms with van der Waals surface area (Å²) in [5, 5.41) is 6.83. The zero-order valence-electron chi connectivity index (χ0n) is 15.2. The smallest absolute Gasteiger partial charge is 0.254 e. The summed E-state index contributed by atoms with van der Waals surface area (Å²) in [6.45, 7) is 2.08. The fraction of sp³-hybridized carbons (Fsp3) is 0.429. The van der Waals surface area contributed by atoms with Crippen LogP contribution in [-0.4, -0.2) is 42.5 Å². The van der Waals surface area contributed by atoms with E-state index >= 15 is 0 Å². The summed E-state index contributed by atoms with van der Waals surface area (Å²) in [4.78, 5) is 26.6. The summed E-state index contributed by atoms with van der Waals surface area (Å²) in [7, 11) is 0. The van der Waals surface area contributed by atoms with E-state index in [1.807, 2.05) is 39.9 Å². The molecule has 4 rings (SSSR count).